The highest BCUT2D eigenvalue weighted by atomic mass is 16.3. The van der Waals surface area contributed by atoms with E-state index in [4.69, 9.17) is 0 Å². The van der Waals surface area contributed by atoms with Crippen molar-refractivity contribution in [3.8, 4) is 0 Å². The summed E-state index contributed by atoms with van der Waals surface area (Å²) in [6.45, 7) is 7.43. The van der Waals surface area contributed by atoms with Crippen LogP contribution in [0.25, 0.3) is 0 Å². The average molecular weight is 303 g/mol. The summed E-state index contributed by atoms with van der Waals surface area (Å²) < 4.78 is 0. The number of hydrogen-bond acceptors (Lipinski definition) is 1. The van der Waals surface area contributed by atoms with E-state index in [0.717, 1.165) is 36.5 Å². The minimum atomic E-state index is -0.00964. The molecule has 0 heterocycles. The molecule has 1 N–H and O–H groups in total. The second-order valence-electron chi connectivity index (χ2n) is 9.39. The molecule has 0 aromatic rings. The summed E-state index contributed by atoms with van der Waals surface area (Å²) in [6, 6.07) is 0. The van der Waals surface area contributed by atoms with Crippen LogP contribution in [0.2, 0.25) is 0 Å². The zero-order valence-electron chi connectivity index (χ0n) is 14.8. The largest absolute Gasteiger partial charge is 0.393 e. The molecule has 4 rings (SSSR count). The summed E-state index contributed by atoms with van der Waals surface area (Å²) in [7, 11) is 0. The van der Waals surface area contributed by atoms with Gasteiger partial charge in [-0.3, -0.25) is 0 Å². The standard InChI is InChI=1S/C21H34O/c1-4-14-6-8-18-17-7-5-15-13-16(22)9-11-21(15,3)19(17)10-12-20(14,18)2/h4,15-19,22H,5-13H2,1-3H3/t15-,16?,17?,18?,19?,20-,21+/m1/s1. The molecule has 4 saturated carbocycles. The number of fused-ring (bicyclic) bond motifs is 5. The van der Waals surface area contributed by atoms with E-state index in [1.165, 1.54) is 44.9 Å². The third-order valence-electron chi connectivity index (χ3n) is 8.83. The van der Waals surface area contributed by atoms with Gasteiger partial charge in [0.1, 0.15) is 0 Å². The molecule has 0 aliphatic heterocycles. The van der Waals surface area contributed by atoms with Gasteiger partial charge in [0.2, 0.25) is 0 Å². The van der Waals surface area contributed by atoms with Crippen LogP contribution in [0.5, 0.6) is 0 Å². The third-order valence-corrected chi connectivity index (χ3v) is 8.83. The Bertz CT molecular complexity index is 480. The molecule has 0 radical (unpaired) electrons. The molecule has 4 unspecified atom stereocenters. The SMILES string of the molecule is CC=C1CCC2C3CC[C@@H]4CC(O)CC[C@]4(C)C3CC[C@]12C. The van der Waals surface area contributed by atoms with Crippen molar-refractivity contribution in [2.45, 2.75) is 84.7 Å². The molecule has 0 amide bonds. The number of aliphatic hydroxyl groups is 1. The Kier molecular flexibility index (Phi) is 3.53. The molecule has 0 saturated heterocycles. The third kappa shape index (κ3) is 1.93. The molecule has 0 spiro atoms. The molecule has 0 bridgehead atoms. The number of rotatable bonds is 0. The van der Waals surface area contributed by atoms with Crippen molar-refractivity contribution in [1.29, 1.82) is 0 Å². The fourth-order valence-corrected chi connectivity index (χ4v) is 7.56. The minimum Gasteiger partial charge on any atom is -0.393 e. The van der Waals surface area contributed by atoms with Crippen LogP contribution in [0.4, 0.5) is 0 Å². The van der Waals surface area contributed by atoms with Crippen LogP contribution in [0.1, 0.15) is 78.6 Å². The first-order chi connectivity index (χ1) is 10.5. The van der Waals surface area contributed by atoms with E-state index in [9.17, 15) is 5.11 Å². The van der Waals surface area contributed by atoms with E-state index in [0.29, 0.717) is 10.8 Å². The Labute approximate surface area is 136 Å². The van der Waals surface area contributed by atoms with Crippen LogP contribution in [-0.4, -0.2) is 11.2 Å². The fourth-order valence-electron chi connectivity index (χ4n) is 7.56. The first-order valence-electron chi connectivity index (χ1n) is 9.83. The molecular weight excluding hydrogens is 268 g/mol. The van der Waals surface area contributed by atoms with E-state index < -0.39 is 0 Å². The minimum absolute atomic E-state index is 0.00964. The van der Waals surface area contributed by atoms with E-state index in [2.05, 4.69) is 26.8 Å². The van der Waals surface area contributed by atoms with Crippen molar-refractivity contribution >= 4 is 0 Å². The first kappa shape index (κ1) is 15.2. The zero-order valence-corrected chi connectivity index (χ0v) is 14.8. The lowest BCUT2D eigenvalue weighted by Gasteiger charge is -2.60. The van der Waals surface area contributed by atoms with Crippen LogP contribution in [0.15, 0.2) is 11.6 Å². The van der Waals surface area contributed by atoms with Crippen molar-refractivity contribution in [3.63, 3.8) is 0 Å². The number of hydrogen-bond donors (Lipinski definition) is 1. The van der Waals surface area contributed by atoms with Crippen LogP contribution >= 0.6 is 0 Å². The Balaban J connectivity index is 1.63. The van der Waals surface area contributed by atoms with Crippen LogP contribution in [-0.2, 0) is 0 Å². The summed E-state index contributed by atoms with van der Waals surface area (Å²) in [5.41, 5.74) is 2.82. The van der Waals surface area contributed by atoms with Gasteiger partial charge in [-0.2, -0.15) is 0 Å². The summed E-state index contributed by atoms with van der Waals surface area (Å²) in [4.78, 5) is 0. The summed E-state index contributed by atoms with van der Waals surface area (Å²) in [6.07, 6.45) is 14.3. The lowest BCUT2D eigenvalue weighted by Crippen LogP contribution is -2.53. The summed E-state index contributed by atoms with van der Waals surface area (Å²) in [5, 5.41) is 10.1. The lowest BCUT2D eigenvalue weighted by molar-refractivity contribution is -0.116. The molecule has 22 heavy (non-hydrogen) atoms. The summed E-state index contributed by atoms with van der Waals surface area (Å²) >= 11 is 0. The van der Waals surface area contributed by atoms with Gasteiger partial charge in [-0.1, -0.05) is 25.5 Å². The van der Waals surface area contributed by atoms with Gasteiger partial charge in [0, 0.05) is 0 Å². The van der Waals surface area contributed by atoms with Gasteiger partial charge in [0.05, 0.1) is 6.10 Å². The number of allylic oxidation sites excluding steroid dienone is 2. The summed E-state index contributed by atoms with van der Waals surface area (Å²) in [5.74, 6) is 3.65. The van der Waals surface area contributed by atoms with Crippen molar-refractivity contribution in [1.82, 2.24) is 0 Å². The van der Waals surface area contributed by atoms with Crippen LogP contribution in [0.3, 0.4) is 0 Å². The fraction of sp³-hybridized carbons (Fsp3) is 0.905. The van der Waals surface area contributed by atoms with Crippen molar-refractivity contribution in [3.05, 3.63) is 11.6 Å². The lowest BCUT2D eigenvalue weighted by atomic mass is 9.45. The number of aliphatic hydroxyl groups excluding tert-OH is 1. The normalized spacial score (nSPS) is 56.4. The van der Waals surface area contributed by atoms with Crippen molar-refractivity contribution < 1.29 is 5.11 Å². The molecular formula is C21H34O. The van der Waals surface area contributed by atoms with E-state index in [1.54, 1.807) is 5.57 Å². The van der Waals surface area contributed by atoms with Crippen LogP contribution < -0.4 is 0 Å². The molecule has 4 fully saturated rings. The quantitative estimate of drug-likeness (QED) is 0.599. The van der Waals surface area contributed by atoms with Gasteiger partial charge in [-0.15, -0.1) is 0 Å². The van der Waals surface area contributed by atoms with Gasteiger partial charge >= 0.3 is 0 Å². The van der Waals surface area contributed by atoms with Gasteiger partial charge in [0.15, 0.2) is 0 Å². The predicted molar refractivity (Wildman–Crippen MR) is 91.5 cm³/mol. The highest BCUT2D eigenvalue weighted by Crippen LogP contribution is 2.67. The highest BCUT2D eigenvalue weighted by molar-refractivity contribution is 5.23. The predicted octanol–water partition coefficient (Wildman–Crippen LogP) is 5.34. The van der Waals surface area contributed by atoms with E-state index in [-0.39, 0.29) is 6.10 Å². The first-order valence-corrected chi connectivity index (χ1v) is 9.83. The highest BCUT2D eigenvalue weighted by Gasteiger charge is 2.58. The topological polar surface area (TPSA) is 20.2 Å². The second-order valence-corrected chi connectivity index (χ2v) is 9.39. The van der Waals surface area contributed by atoms with Crippen LogP contribution in [0, 0.1) is 34.5 Å². The van der Waals surface area contributed by atoms with Gasteiger partial charge < -0.3 is 5.11 Å². The molecule has 7 atom stereocenters. The van der Waals surface area contributed by atoms with Crippen molar-refractivity contribution in [2.24, 2.45) is 34.5 Å². The second kappa shape index (κ2) is 5.10. The Hall–Kier alpha value is -0.300. The Morgan fingerprint density at radius 1 is 1.00 bits per heavy atom. The van der Waals surface area contributed by atoms with Gasteiger partial charge in [-0.25, -0.2) is 0 Å². The maximum absolute atomic E-state index is 10.1. The Morgan fingerprint density at radius 2 is 1.82 bits per heavy atom. The van der Waals surface area contributed by atoms with Gasteiger partial charge in [0.25, 0.3) is 0 Å². The maximum Gasteiger partial charge on any atom is 0.0543 e. The average Bonchev–Trinajstić information content (AvgIpc) is 2.84. The molecule has 124 valence electrons. The van der Waals surface area contributed by atoms with E-state index in [1.807, 2.05) is 0 Å². The molecule has 1 heteroatoms. The Morgan fingerprint density at radius 3 is 2.59 bits per heavy atom. The van der Waals surface area contributed by atoms with Gasteiger partial charge in [-0.05, 0) is 99.2 Å². The maximum atomic E-state index is 10.1. The zero-order chi connectivity index (χ0) is 15.5. The van der Waals surface area contributed by atoms with E-state index >= 15 is 0 Å². The smallest absolute Gasteiger partial charge is 0.0543 e. The molecule has 0 aromatic carbocycles. The van der Waals surface area contributed by atoms with Crippen molar-refractivity contribution in [2.75, 3.05) is 0 Å². The molecule has 4 aliphatic rings. The molecule has 4 aliphatic carbocycles. The molecule has 1 nitrogen and oxygen atoms in total. The molecule has 0 aromatic heterocycles. The monoisotopic (exact) mass is 302 g/mol.